The smallest absolute Gasteiger partial charge is 0.248 e. The molecule has 0 aliphatic heterocycles. The van der Waals surface area contributed by atoms with Crippen LogP contribution in [0.3, 0.4) is 0 Å². The van der Waals surface area contributed by atoms with Gasteiger partial charge in [-0.1, -0.05) is 26.2 Å². The summed E-state index contributed by atoms with van der Waals surface area (Å²) in [5, 5.41) is 8.33. The molecule has 0 spiro atoms. The molecule has 0 amide bonds. The number of alkyl halides is 2. The Bertz CT molecular complexity index is 924. The summed E-state index contributed by atoms with van der Waals surface area (Å²) in [5.41, 5.74) is 1.82. The standard InChI is InChI=1S/C23H30BrF2N3O/c1-21(7-3-2-4-8-21)22(9-11-23(25,26)12-10-22)15-30-18-13-19-27-28-20(24)29(19)14-17(18)16-5-6-16/h13-14,16H,2-12,15H2,1H3. The molecule has 2 heterocycles. The van der Waals surface area contributed by atoms with Gasteiger partial charge in [0.05, 0.1) is 6.61 Å². The number of ether oxygens (including phenoxy) is 1. The monoisotopic (exact) mass is 481 g/mol. The number of hydrogen-bond acceptors (Lipinski definition) is 3. The molecule has 3 saturated carbocycles. The van der Waals surface area contributed by atoms with Gasteiger partial charge in [0, 0.05) is 36.1 Å². The van der Waals surface area contributed by atoms with Crippen LogP contribution in [0.1, 0.15) is 89.0 Å². The number of aromatic nitrogens is 3. The van der Waals surface area contributed by atoms with E-state index >= 15 is 0 Å². The van der Waals surface area contributed by atoms with Crippen molar-refractivity contribution in [2.75, 3.05) is 6.61 Å². The summed E-state index contributed by atoms with van der Waals surface area (Å²) >= 11 is 3.45. The number of rotatable bonds is 5. The van der Waals surface area contributed by atoms with Crippen molar-refractivity contribution in [1.29, 1.82) is 0 Å². The molecule has 0 aromatic carbocycles. The van der Waals surface area contributed by atoms with Gasteiger partial charge < -0.3 is 4.74 Å². The van der Waals surface area contributed by atoms with E-state index in [9.17, 15) is 8.78 Å². The predicted molar refractivity (Wildman–Crippen MR) is 115 cm³/mol. The summed E-state index contributed by atoms with van der Waals surface area (Å²) in [6.07, 6.45) is 11.4. The molecule has 2 aromatic heterocycles. The van der Waals surface area contributed by atoms with Crippen LogP contribution in [-0.4, -0.2) is 27.1 Å². The first-order valence-electron chi connectivity index (χ1n) is 11.4. The molecule has 3 aliphatic rings. The molecular formula is C23H30BrF2N3O. The SMILES string of the molecule is CC1(C2(COc3cc4nnc(Br)n4cc3C3CC3)CCC(F)(F)CC2)CCCCC1. The van der Waals surface area contributed by atoms with Crippen LogP contribution in [0.15, 0.2) is 17.0 Å². The Kier molecular flexibility index (Phi) is 5.11. The average molecular weight is 482 g/mol. The maximum atomic E-state index is 14.1. The van der Waals surface area contributed by atoms with E-state index < -0.39 is 5.92 Å². The minimum atomic E-state index is -2.53. The molecule has 0 atom stereocenters. The Balaban J connectivity index is 1.45. The van der Waals surface area contributed by atoms with E-state index in [1.807, 2.05) is 10.5 Å². The van der Waals surface area contributed by atoms with Crippen molar-refractivity contribution in [3.05, 3.63) is 22.6 Å². The topological polar surface area (TPSA) is 39.4 Å². The lowest BCUT2D eigenvalue weighted by atomic mass is 9.53. The Labute approximate surface area is 184 Å². The summed E-state index contributed by atoms with van der Waals surface area (Å²) in [6.45, 7) is 2.85. The molecule has 7 heteroatoms. The van der Waals surface area contributed by atoms with Crippen LogP contribution in [-0.2, 0) is 0 Å². The number of halogens is 3. The van der Waals surface area contributed by atoms with E-state index in [-0.39, 0.29) is 23.7 Å². The van der Waals surface area contributed by atoms with E-state index in [0.717, 1.165) is 37.1 Å². The molecule has 0 N–H and O–H groups in total. The molecular weight excluding hydrogens is 452 g/mol. The zero-order chi connectivity index (χ0) is 21.0. The zero-order valence-corrected chi connectivity index (χ0v) is 19.2. The Morgan fingerprint density at radius 1 is 1.07 bits per heavy atom. The Morgan fingerprint density at radius 2 is 1.77 bits per heavy atom. The maximum absolute atomic E-state index is 14.1. The molecule has 0 bridgehead atoms. The van der Waals surface area contributed by atoms with Crippen molar-refractivity contribution in [3.8, 4) is 5.75 Å². The lowest BCUT2D eigenvalue weighted by molar-refractivity contribution is -0.125. The lowest BCUT2D eigenvalue weighted by Gasteiger charge is -2.53. The van der Waals surface area contributed by atoms with Crippen molar-refractivity contribution in [2.24, 2.45) is 10.8 Å². The molecule has 3 aliphatic carbocycles. The predicted octanol–water partition coefficient (Wildman–Crippen LogP) is 6.91. The number of pyridine rings is 1. The van der Waals surface area contributed by atoms with Crippen molar-refractivity contribution in [1.82, 2.24) is 14.6 Å². The molecule has 0 radical (unpaired) electrons. The first-order valence-corrected chi connectivity index (χ1v) is 12.2. The van der Waals surface area contributed by atoms with Crippen LogP contribution in [0, 0.1) is 10.8 Å². The van der Waals surface area contributed by atoms with Crippen LogP contribution in [0.2, 0.25) is 0 Å². The Hall–Kier alpha value is -1.24. The molecule has 0 unspecified atom stereocenters. The third-order valence-corrected chi connectivity index (χ3v) is 8.73. The van der Waals surface area contributed by atoms with Gasteiger partial charge in [-0.3, -0.25) is 4.40 Å². The third-order valence-electron chi connectivity index (χ3n) is 8.19. The molecule has 3 fully saturated rings. The number of fused-ring (bicyclic) bond motifs is 1. The van der Waals surface area contributed by atoms with E-state index in [1.165, 1.54) is 24.8 Å². The van der Waals surface area contributed by atoms with Gasteiger partial charge in [0.15, 0.2) is 5.65 Å². The highest BCUT2D eigenvalue weighted by Crippen LogP contribution is 2.59. The van der Waals surface area contributed by atoms with E-state index in [4.69, 9.17) is 4.74 Å². The fourth-order valence-electron chi connectivity index (χ4n) is 5.83. The fraction of sp³-hybridized carbons (Fsp3) is 0.739. The van der Waals surface area contributed by atoms with Gasteiger partial charge >= 0.3 is 0 Å². The van der Waals surface area contributed by atoms with Crippen molar-refractivity contribution >= 4 is 21.6 Å². The largest absolute Gasteiger partial charge is 0.492 e. The van der Waals surface area contributed by atoms with Crippen LogP contribution >= 0.6 is 15.9 Å². The summed E-state index contributed by atoms with van der Waals surface area (Å²) in [7, 11) is 0. The van der Waals surface area contributed by atoms with Crippen LogP contribution in [0.4, 0.5) is 8.78 Å². The zero-order valence-electron chi connectivity index (χ0n) is 17.6. The first kappa shape index (κ1) is 20.7. The first-order chi connectivity index (χ1) is 14.3. The minimum absolute atomic E-state index is 0.0163. The molecule has 2 aromatic rings. The second-order valence-corrected chi connectivity index (χ2v) is 10.8. The van der Waals surface area contributed by atoms with Crippen LogP contribution in [0.5, 0.6) is 5.75 Å². The van der Waals surface area contributed by atoms with E-state index in [1.54, 1.807) is 0 Å². The number of hydrogen-bond donors (Lipinski definition) is 0. The highest BCUT2D eigenvalue weighted by Gasteiger charge is 2.53. The summed E-state index contributed by atoms with van der Waals surface area (Å²) in [4.78, 5) is 0. The quantitative estimate of drug-likeness (QED) is 0.465. The second kappa shape index (κ2) is 7.42. The maximum Gasteiger partial charge on any atom is 0.248 e. The highest BCUT2D eigenvalue weighted by atomic mass is 79.9. The van der Waals surface area contributed by atoms with Gasteiger partial charge in [0.1, 0.15) is 5.75 Å². The van der Waals surface area contributed by atoms with Gasteiger partial charge in [-0.15, -0.1) is 10.2 Å². The normalized spacial score (nSPS) is 25.3. The minimum Gasteiger partial charge on any atom is -0.492 e. The van der Waals surface area contributed by atoms with Gasteiger partial charge in [-0.05, 0) is 65.8 Å². The summed E-state index contributed by atoms with van der Waals surface area (Å²) in [5.74, 6) is -1.16. The summed E-state index contributed by atoms with van der Waals surface area (Å²) < 4.78 is 37.4. The van der Waals surface area contributed by atoms with Gasteiger partial charge in [-0.25, -0.2) is 8.78 Å². The molecule has 4 nitrogen and oxygen atoms in total. The molecule has 164 valence electrons. The Morgan fingerprint density at radius 3 is 2.43 bits per heavy atom. The summed E-state index contributed by atoms with van der Waals surface area (Å²) in [6, 6.07) is 1.97. The highest BCUT2D eigenvalue weighted by molar-refractivity contribution is 9.10. The van der Waals surface area contributed by atoms with E-state index in [2.05, 4.69) is 39.2 Å². The van der Waals surface area contributed by atoms with Gasteiger partial charge in [-0.2, -0.15) is 0 Å². The van der Waals surface area contributed by atoms with E-state index in [0.29, 0.717) is 30.1 Å². The van der Waals surface area contributed by atoms with Gasteiger partial charge in [0.25, 0.3) is 0 Å². The molecule has 5 rings (SSSR count). The number of nitrogens with zero attached hydrogens (tertiary/aromatic N) is 3. The lowest BCUT2D eigenvalue weighted by Crippen LogP contribution is -2.49. The fourth-order valence-corrected chi connectivity index (χ4v) is 6.19. The molecule has 0 saturated heterocycles. The average Bonchev–Trinajstić information content (AvgIpc) is 3.51. The second-order valence-electron chi connectivity index (χ2n) is 10.1. The van der Waals surface area contributed by atoms with Crippen molar-refractivity contribution in [2.45, 2.75) is 89.4 Å². The molecule has 30 heavy (non-hydrogen) atoms. The van der Waals surface area contributed by atoms with Crippen molar-refractivity contribution in [3.63, 3.8) is 0 Å². The van der Waals surface area contributed by atoms with Gasteiger partial charge in [0.2, 0.25) is 10.7 Å². The van der Waals surface area contributed by atoms with Crippen LogP contribution < -0.4 is 4.74 Å². The van der Waals surface area contributed by atoms with Crippen molar-refractivity contribution < 1.29 is 13.5 Å². The van der Waals surface area contributed by atoms with Crippen LogP contribution in [0.25, 0.3) is 5.65 Å². The third kappa shape index (κ3) is 3.65.